The quantitative estimate of drug-likeness (QED) is 0.199. The van der Waals surface area contributed by atoms with E-state index in [1.165, 1.54) is 18.3 Å². The molecular weight excluding hydrogens is 702 g/mol. The van der Waals surface area contributed by atoms with E-state index in [0.29, 0.717) is 52.6 Å². The van der Waals surface area contributed by atoms with Gasteiger partial charge < -0.3 is 23.8 Å². The number of sulfone groups is 1. The Hall–Kier alpha value is -2.52. The number of anilines is 1. The average Bonchev–Trinajstić information content (AvgIpc) is 3.14. The van der Waals surface area contributed by atoms with Crippen molar-refractivity contribution in [3.05, 3.63) is 48.4 Å². The number of benzene rings is 2. The number of likely N-dealkylation sites (tertiary alicyclic amines) is 1. The predicted octanol–water partition coefficient (Wildman–Crippen LogP) is 5.80. The zero-order valence-electron chi connectivity index (χ0n) is 31.4. The predicted molar refractivity (Wildman–Crippen MR) is 205 cm³/mol. The zero-order valence-corrected chi connectivity index (χ0v) is 33.1. The molecule has 2 unspecified atom stereocenters. The van der Waals surface area contributed by atoms with Crippen LogP contribution >= 0.6 is 0 Å². The van der Waals surface area contributed by atoms with Crippen molar-refractivity contribution < 1.29 is 26.8 Å². The highest BCUT2D eigenvalue weighted by Gasteiger charge is 2.34. The molecule has 0 saturated carbocycles. The van der Waals surface area contributed by atoms with Crippen molar-refractivity contribution in [1.29, 1.82) is 0 Å². The molecule has 286 valence electrons. The van der Waals surface area contributed by atoms with Crippen LogP contribution in [0.25, 0.3) is 10.9 Å². The monoisotopic (exact) mass is 757 g/mol. The summed E-state index contributed by atoms with van der Waals surface area (Å²) in [6.07, 6.45) is 7.67. The van der Waals surface area contributed by atoms with Gasteiger partial charge >= 0.3 is 0 Å². The lowest BCUT2D eigenvalue weighted by molar-refractivity contribution is -0.0113. The molecule has 10 nitrogen and oxygen atoms in total. The first-order chi connectivity index (χ1) is 24.9. The first-order valence-electron chi connectivity index (χ1n) is 18.9. The van der Waals surface area contributed by atoms with Crippen LogP contribution in [-0.2, 0) is 25.7 Å². The van der Waals surface area contributed by atoms with E-state index in [9.17, 15) is 13.0 Å². The van der Waals surface area contributed by atoms with Gasteiger partial charge in [0.05, 0.1) is 28.9 Å². The molecule has 6 rings (SSSR count). The third-order valence-corrected chi connectivity index (χ3v) is 13.6. The Balaban J connectivity index is 1.18. The maximum absolute atomic E-state index is 15.4. The highest BCUT2D eigenvalue weighted by molar-refractivity contribution is 7.91. The minimum Gasteiger partial charge on any atom is -0.612 e. The number of hydrogen-bond donors (Lipinski definition) is 0. The van der Waals surface area contributed by atoms with Gasteiger partial charge in [-0.3, -0.25) is 14.8 Å². The lowest BCUT2D eigenvalue weighted by Gasteiger charge is -2.46. The van der Waals surface area contributed by atoms with E-state index in [-0.39, 0.29) is 21.6 Å². The molecule has 0 N–H and O–H groups in total. The van der Waals surface area contributed by atoms with Crippen molar-refractivity contribution in [2.45, 2.75) is 92.7 Å². The summed E-state index contributed by atoms with van der Waals surface area (Å²) in [5.41, 5.74) is 1.17. The summed E-state index contributed by atoms with van der Waals surface area (Å²) in [6.45, 7) is 17.3. The summed E-state index contributed by atoms with van der Waals surface area (Å²) in [4.78, 5) is 14.9. The largest absolute Gasteiger partial charge is 0.612 e. The molecule has 3 aliphatic heterocycles. The van der Waals surface area contributed by atoms with Crippen LogP contribution in [-0.4, -0.2) is 123 Å². The van der Waals surface area contributed by atoms with Crippen LogP contribution in [0.15, 0.2) is 57.3 Å². The molecule has 3 aliphatic rings. The SMILES string of the molecule is CCOCN1CCN(C2CCN(C3CCN(c4c(S(=O)(=O)c5ccc(OC(C)CC(C)C)c(F)c5)cnc5ccc([S+](C)[O-])cc45)CC3)CC2)CC1. The standard InChI is InChI=1S/C39H56FN5O5S2/c1-6-49-27-42-19-21-44(22-20-42)31-11-15-43(16-12-31)30-13-17-45(18-14-30)39-34-24-32(51(5)46)7-9-36(34)41-26-38(39)52(47,48)33-8-10-37(35(40)25-33)50-29(4)23-28(2)3/h7-10,24-26,28-31H,6,11-23,27H2,1-5H3. The summed E-state index contributed by atoms with van der Waals surface area (Å²) in [5, 5.41) is 0.636. The minimum absolute atomic E-state index is 0.0286. The number of hydrogen-bond acceptors (Lipinski definition) is 10. The molecule has 13 heteroatoms. The van der Waals surface area contributed by atoms with Crippen LogP contribution in [0.3, 0.4) is 0 Å². The maximum Gasteiger partial charge on any atom is 0.210 e. The lowest BCUT2D eigenvalue weighted by Crippen LogP contribution is -2.55. The maximum atomic E-state index is 15.4. The number of halogens is 1. The van der Waals surface area contributed by atoms with E-state index in [2.05, 4.69) is 38.4 Å². The Labute approximate surface area is 312 Å². The van der Waals surface area contributed by atoms with Gasteiger partial charge in [-0.15, -0.1) is 0 Å². The summed E-state index contributed by atoms with van der Waals surface area (Å²) < 4.78 is 68.1. The topological polar surface area (TPSA) is 102 Å². The van der Waals surface area contributed by atoms with E-state index in [1.807, 2.05) is 13.8 Å². The normalized spacial score (nSPS) is 20.5. The fraction of sp³-hybridized carbons (Fsp3) is 0.615. The third kappa shape index (κ3) is 9.05. The molecule has 52 heavy (non-hydrogen) atoms. The van der Waals surface area contributed by atoms with Crippen LogP contribution in [0, 0.1) is 11.7 Å². The molecule has 1 aromatic heterocycles. The van der Waals surface area contributed by atoms with Gasteiger partial charge in [0.2, 0.25) is 9.84 Å². The van der Waals surface area contributed by atoms with E-state index >= 15 is 4.39 Å². The molecule has 0 spiro atoms. The molecule has 0 bridgehead atoms. The first kappa shape index (κ1) is 39.2. The van der Waals surface area contributed by atoms with E-state index in [1.54, 1.807) is 24.5 Å². The van der Waals surface area contributed by atoms with Crippen LogP contribution < -0.4 is 9.64 Å². The summed E-state index contributed by atoms with van der Waals surface area (Å²) in [7, 11) is -4.19. The highest BCUT2D eigenvalue weighted by atomic mass is 32.2. The molecule has 2 aromatic carbocycles. The van der Waals surface area contributed by atoms with Gasteiger partial charge in [0.25, 0.3) is 0 Å². The second-order valence-electron chi connectivity index (χ2n) is 15.0. The second kappa shape index (κ2) is 17.3. The first-order valence-corrected chi connectivity index (χ1v) is 22.0. The number of ether oxygens (including phenoxy) is 2. The number of pyridine rings is 1. The van der Waals surface area contributed by atoms with Crippen molar-refractivity contribution in [3.8, 4) is 5.75 Å². The smallest absolute Gasteiger partial charge is 0.210 e. The highest BCUT2D eigenvalue weighted by Crippen LogP contribution is 2.39. The summed E-state index contributed by atoms with van der Waals surface area (Å²) in [6, 6.07) is 10.3. The van der Waals surface area contributed by atoms with Crippen LogP contribution in [0.2, 0.25) is 0 Å². The van der Waals surface area contributed by atoms with Crippen molar-refractivity contribution in [2.24, 2.45) is 5.92 Å². The second-order valence-corrected chi connectivity index (χ2v) is 18.3. The Morgan fingerprint density at radius 3 is 2.19 bits per heavy atom. The van der Waals surface area contributed by atoms with E-state index in [0.717, 1.165) is 90.8 Å². The van der Waals surface area contributed by atoms with Crippen LogP contribution in [0.4, 0.5) is 10.1 Å². The molecule has 0 radical (unpaired) electrons. The zero-order chi connectivity index (χ0) is 37.0. The van der Waals surface area contributed by atoms with Crippen LogP contribution in [0.1, 0.15) is 59.8 Å². The molecule has 2 atom stereocenters. The third-order valence-electron chi connectivity index (χ3n) is 10.9. The van der Waals surface area contributed by atoms with Gasteiger partial charge in [-0.05, 0) is 106 Å². The van der Waals surface area contributed by atoms with Crippen molar-refractivity contribution in [3.63, 3.8) is 0 Å². The Morgan fingerprint density at radius 1 is 0.923 bits per heavy atom. The number of fused-ring (bicyclic) bond motifs is 1. The summed E-state index contributed by atoms with van der Waals surface area (Å²) >= 11 is -1.27. The fourth-order valence-electron chi connectivity index (χ4n) is 8.19. The number of aromatic nitrogens is 1. The molecule has 0 amide bonds. The van der Waals surface area contributed by atoms with Crippen molar-refractivity contribution in [1.82, 2.24) is 19.7 Å². The van der Waals surface area contributed by atoms with Gasteiger partial charge in [-0.1, -0.05) is 13.8 Å². The van der Waals surface area contributed by atoms with Gasteiger partial charge in [0.1, 0.15) is 11.2 Å². The molecule has 4 heterocycles. The number of piperidine rings is 2. The molecule has 0 aliphatic carbocycles. The number of rotatable bonds is 13. The lowest BCUT2D eigenvalue weighted by atomic mass is 9.96. The van der Waals surface area contributed by atoms with Crippen LogP contribution in [0.5, 0.6) is 5.75 Å². The molecule has 3 fully saturated rings. The molecule has 3 aromatic rings. The van der Waals surface area contributed by atoms with E-state index in [4.69, 9.17) is 9.47 Å². The average molecular weight is 758 g/mol. The van der Waals surface area contributed by atoms with Gasteiger partial charge in [0, 0.05) is 75.6 Å². The van der Waals surface area contributed by atoms with Crippen molar-refractivity contribution >= 4 is 37.6 Å². The fourth-order valence-corrected chi connectivity index (χ4v) is 10.2. The minimum atomic E-state index is -4.19. The Kier molecular flexibility index (Phi) is 13.0. The van der Waals surface area contributed by atoms with Gasteiger partial charge in [-0.2, -0.15) is 0 Å². The van der Waals surface area contributed by atoms with Crippen molar-refractivity contribution in [2.75, 3.05) is 76.9 Å². The van der Waals surface area contributed by atoms with Gasteiger partial charge in [-0.25, -0.2) is 12.8 Å². The van der Waals surface area contributed by atoms with E-state index < -0.39 is 26.8 Å². The van der Waals surface area contributed by atoms with Gasteiger partial charge in [0.15, 0.2) is 16.5 Å². The number of piperazine rings is 1. The molecular formula is C39H56FN5O5S2. The number of nitrogens with zero attached hydrogens (tertiary/aromatic N) is 5. The Bertz CT molecular complexity index is 1760. The Morgan fingerprint density at radius 2 is 1.58 bits per heavy atom. The summed E-state index contributed by atoms with van der Waals surface area (Å²) in [5.74, 6) is -0.308. The molecule has 3 saturated heterocycles.